The van der Waals surface area contributed by atoms with Gasteiger partial charge in [0.05, 0.1) is 6.54 Å². The second-order valence-electron chi connectivity index (χ2n) is 3.39. The summed E-state index contributed by atoms with van der Waals surface area (Å²) in [6, 6.07) is -1.49. The van der Waals surface area contributed by atoms with Gasteiger partial charge in [0.25, 0.3) is 0 Å². The number of hydroxylamine groups is 2. The molecule has 0 radical (unpaired) electrons. The number of carboxylic acids is 1. The van der Waals surface area contributed by atoms with Crippen LogP contribution in [0.15, 0.2) is 0 Å². The molecule has 0 aliphatic heterocycles. The van der Waals surface area contributed by atoms with Crippen LogP contribution in [0.3, 0.4) is 0 Å². The molecule has 15 heavy (non-hydrogen) atoms. The number of urea groups is 1. The van der Waals surface area contributed by atoms with Crippen molar-refractivity contribution >= 4 is 12.0 Å². The summed E-state index contributed by atoms with van der Waals surface area (Å²) in [6.07, 6.45) is 0.552. The molecule has 0 spiro atoms. The van der Waals surface area contributed by atoms with Crippen molar-refractivity contribution in [3.8, 4) is 0 Å². The van der Waals surface area contributed by atoms with Crippen molar-refractivity contribution in [2.45, 2.75) is 18.9 Å². The standard InChI is InChI=1S/C8H17N3O4/c1-10(2)8(14)11(15)5-3-4-6(9)7(12)13/h6,15H,3-5,9H2,1-2H3,(H,12,13). The van der Waals surface area contributed by atoms with E-state index in [1.54, 1.807) is 0 Å². The van der Waals surface area contributed by atoms with Crippen LogP contribution in [0.25, 0.3) is 0 Å². The Balaban J connectivity index is 3.77. The number of amides is 2. The maximum Gasteiger partial charge on any atom is 0.343 e. The maximum absolute atomic E-state index is 11.1. The Morgan fingerprint density at radius 1 is 1.40 bits per heavy atom. The first-order chi connectivity index (χ1) is 6.86. The lowest BCUT2D eigenvalue weighted by molar-refractivity contribution is -0.138. The van der Waals surface area contributed by atoms with Crippen LogP contribution in [-0.2, 0) is 4.79 Å². The summed E-state index contributed by atoms with van der Waals surface area (Å²) in [6.45, 7) is 0.0675. The first-order valence-electron chi connectivity index (χ1n) is 4.52. The predicted molar refractivity (Wildman–Crippen MR) is 52.4 cm³/mol. The van der Waals surface area contributed by atoms with Crippen LogP contribution in [0, 0.1) is 0 Å². The van der Waals surface area contributed by atoms with Crippen LogP contribution in [0.5, 0.6) is 0 Å². The lowest BCUT2D eigenvalue weighted by atomic mass is 10.2. The summed E-state index contributed by atoms with van der Waals surface area (Å²) in [4.78, 5) is 22.7. The zero-order valence-corrected chi connectivity index (χ0v) is 8.88. The topological polar surface area (TPSA) is 107 Å². The fourth-order valence-corrected chi connectivity index (χ4v) is 0.911. The summed E-state index contributed by atoms with van der Waals surface area (Å²) in [7, 11) is 3.02. The van der Waals surface area contributed by atoms with E-state index in [1.807, 2.05) is 0 Å². The fraction of sp³-hybridized carbons (Fsp3) is 0.750. The number of hydrogen-bond donors (Lipinski definition) is 3. The molecular formula is C8H17N3O4. The van der Waals surface area contributed by atoms with E-state index in [-0.39, 0.29) is 13.0 Å². The molecule has 0 rings (SSSR count). The van der Waals surface area contributed by atoms with E-state index in [4.69, 9.17) is 10.8 Å². The van der Waals surface area contributed by atoms with Gasteiger partial charge in [0.2, 0.25) is 0 Å². The zero-order chi connectivity index (χ0) is 12.0. The Bertz CT molecular complexity index is 232. The van der Waals surface area contributed by atoms with Crippen LogP contribution >= 0.6 is 0 Å². The molecule has 0 aliphatic rings. The van der Waals surface area contributed by atoms with Gasteiger partial charge in [-0.25, -0.2) is 9.86 Å². The zero-order valence-electron chi connectivity index (χ0n) is 8.88. The van der Waals surface area contributed by atoms with E-state index < -0.39 is 18.0 Å². The number of rotatable bonds is 5. The highest BCUT2D eigenvalue weighted by Gasteiger charge is 2.15. The number of aliphatic carboxylic acids is 1. The normalized spacial score (nSPS) is 12.0. The van der Waals surface area contributed by atoms with E-state index in [9.17, 15) is 14.8 Å². The Morgan fingerprint density at radius 3 is 2.33 bits per heavy atom. The molecule has 0 aliphatic carbocycles. The molecule has 0 fully saturated rings. The van der Waals surface area contributed by atoms with E-state index in [0.717, 1.165) is 0 Å². The van der Waals surface area contributed by atoms with Crippen LogP contribution in [-0.4, -0.2) is 59.0 Å². The van der Waals surface area contributed by atoms with E-state index in [1.165, 1.54) is 19.0 Å². The van der Waals surface area contributed by atoms with Gasteiger partial charge in [-0.15, -0.1) is 0 Å². The monoisotopic (exact) mass is 219 g/mol. The van der Waals surface area contributed by atoms with Gasteiger partial charge in [0.1, 0.15) is 6.04 Å². The highest BCUT2D eigenvalue weighted by molar-refractivity contribution is 5.73. The van der Waals surface area contributed by atoms with Crippen molar-refractivity contribution in [2.75, 3.05) is 20.6 Å². The van der Waals surface area contributed by atoms with Gasteiger partial charge in [0.15, 0.2) is 0 Å². The SMILES string of the molecule is CN(C)C(=O)N(O)CCCC(N)C(=O)O. The molecule has 4 N–H and O–H groups in total. The van der Waals surface area contributed by atoms with Crippen LogP contribution in [0.4, 0.5) is 4.79 Å². The molecule has 0 aromatic heterocycles. The van der Waals surface area contributed by atoms with Gasteiger partial charge in [-0.3, -0.25) is 10.0 Å². The molecule has 0 heterocycles. The molecule has 7 heteroatoms. The van der Waals surface area contributed by atoms with E-state index in [0.29, 0.717) is 11.5 Å². The first-order valence-corrected chi connectivity index (χ1v) is 4.52. The van der Waals surface area contributed by atoms with Gasteiger partial charge in [-0.2, -0.15) is 0 Å². The van der Waals surface area contributed by atoms with Gasteiger partial charge in [0, 0.05) is 14.1 Å². The largest absolute Gasteiger partial charge is 0.480 e. The number of nitrogens with zero attached hydrogens (tertiary/aromatic N) is 2. The number of carbonyl (C=O) groups is 2. The van der Waals surface area contributed by atoms with Crippen molar-refractivity contribution in [3.63, 3.8) is 0 Å². The fourth-order valence-electron chi connectivity index (χ4n) is 0.911. The Kier molecular flexibility index (Phi) is 5.65. The molecule has 0 aromatic rings. The quantitative estimate of drug-likeness (QED) is 0.429. The molecule has 2 amide bonds. The number of carbonyl (C=O) groups excluding carboxylic acids is 1. The minimum atomic E-state index is -1.08. The first kappa shape index (κ1) is 13.7. The van der Waals surface area contributed by atoms with E-state index in [2.05, 4.69) is 0 Å². The summed E-state index contributed by atoms with van der Waals surface area (Å²) >= 11 is 0. The number of hydrogen-bond acceptors (Lipinski definition) is 4. The Morgan fingerprint density at radius 2 is 1.93 bits per heavy atom. The third-order valence-corrected chi connectivity index (χ3v) is 1.81. The summed E-state index contributed by atoms with van der Waals surface area (Å²) in [5, 5.41) is 18.2. The van der Waals surface area contributed by atoms with Crippen molar-refractivity contribution in [3.05, 3.63) is 0 Å². The summed E-state index contributed by atoms with van der Waals surface area (Å²) < 4.78 is 0. The maximum atomic E-state index is 11.1. The lowest BCUT2D eigenvalue weighted by Gasteiger charge is -2.19. The lowest BCUT2D eigenvalue weighted by Crippen LogP contribution is -2.38. The van der Waals surface area contributed by atoms with Crippen molar-refractivity contribution in [2.24, 2.45) is 5.73 Å². The van der Waals surface area contributed by atoms with Gasteiger partial charge in [-0.1, -0.05) is 0 Å². The van der Waals surface area contributed by atoms with Crippen LogP contribution in [0.2, 0.25) is 0 Å². The van der Waals surface area contributed by atoms with Crippen molar-refractivity contribution < 1.29 is 19.9 Å². The van der Waals surface area contributed by atoms with Gasteiger partial charge >= 0.3 is 12.0 Å². The third-order valence-electron chi connectivity index (χ3n) is 1.81. The van der Waals surface area contributed by atoms with Crippen molar-refractivity contribution in [1.82, 2.24) is 9.96 Å². The van der Waals surface area contributed by atoms with E-state index >= 15 is 0 Å². The minimum Gasteiger partial charge on any atom is -0.480 e. The molecule has 0 aromatic carbocycles. The smallest absolute Gasteiger partial charge is 0.343 e. The highest BCUT2D eigenvalue weighted by Crippen LogP contribution is 1.98. The molecule has 0 saturated carbocycles. The van der Waals surface area contributed by atoms with Gasteiger partial charge in [-0.05, 0) is 12.8 Å². The predicted octanol–water partition coefficient (Wildman–Crippen LogP) is -0.449. The summed E-state index contributed by atoms with van der Waals surface area (Å²) in [5.41, 5.74) is 5.24. The molecule has 1 atom stereocenters. The van der Waals surface area contributed by atoms with Crippen molar-refractivity contribution in [1.29, 1.82) is 0 Å². The Labute approximate surface area is 88.0 Å². The molecule has 88 valence electrons. The van der Waals surface area contributed by atoms with Gasteiger partial charge < -0.3 is 15.7 Å². The van der Waals surface area contributed by atoms with Crippen LogP contribution in [0.1, 0.15) is 12.8 Å². The second kappa shape index (κ2) is 6.20. The third kappa shape index (κ3) is 5.18. The minimum absolute atomic E-state index is 0.0675. The average Bonchev–Trinajstić information content (AvgIpc) is 2.15. The number of nitrogens with two attached hydrogens (primary N) is 1. The summed E-state index contributed by atoms with van der Waals surface area (Å²) in [5.74, 6) is -1.08. The molecule has 0 saturated heterocycles. The number of carboxylic acid groups (broad SMARTS) is 1. The molecule has 1 unspecified atom stereocenters. The average molecular weight is 219 g/mol. The molecular weight excluding hydrogens is 202 g/mol. The Hall–Kier alpha value is -1.34. The second-order valence-corrected chi connectivity index (χ2v) is 3.39. The van der Waals surface area contributed by atoms with Crippen LogP contribution < -0.4 is 5.73 Å². The molecule has 7 nitrogen and oxygen atoms in total. The molecule has 0 bridgehead atoms. The highest BCUT2D eigenvalue weighted by atomic mass is 16.5.